The molecule has 0 bridgehead atoms. The third kappa shape index (κ3) is 3.50. The Morgan fingerprint density at radius 1 is 1.19 bits per heavy atom. The monoisotopic (exact) mass is 362 g/mol. The van der Waals surface area contributed by atoms with Crippen molar-refractivity contribution in [2.45, 2.75) is 6.54 Å². The van der Waals surface area contributed by atoms with Gasteiger partial charge in [-0.25, -0.2) is 9.67 Å². The van der Waals surface area contributed by atoms with E-state index in [4.69, 9.17) is 0 Å². The van der Waals surface area contributed by atoms with Crippen LogP contribution in [0.15, 0.2) is 66.7 Å². The first-order valence-corrected chi connectivity index (χ1v) is 8.76. The van der Waals surface area contributed by atoms with Crippen molar-refractivity contribution in [2.75, 3.05) is 0 Å². The number of amides is 1. The van der Waals surface area contributed by atoms with E-state index in [-0.39, 0.29) is 5.91 Å². The Morgan fingerprint density at radius 2 is 2.15 bits per heavy atom. The maximum Gasteiger partial charge on any atom is 0.251 e. The second kappa shape index (κ2) is 7.24. The van der Waals surface area contributed by atoms with E-state index in [2.05, 4.69) is 25.4 Å². The van der Waals surface area contributed by atoms with Crippen molar-refractivity contribution in [1.82, 2.24) is 30.0 Å². The van der Waals surface area contributed by atoms with Gasteiger partial charge < -0.3 is 5.32 Å². The number of hydrogen-bond acceptors (Lipinski definition) is 6. The summed E-state index contributed by atoms with van der Waals surface area (Å²) < 4.78 is 1.71. The third-order valence-electron chi connectivity index (χ3n) is 3.64. The zero-order chi connectivity index (χ0) is 17.8. The molecule has 0 saturated heterocycles. The molecule has 0 aliphatic rings. The highest BCUT2D eigenvalue weighted by Gasteiger charge is 2.10. The number of nitrogens with one attached hydrogen (secondary N) is 1. The molecule has 4 rings (SSSR count). The SMILES string of the molecule is O=C(NCc1csc(-c2cnccn2)n1)c1cccc(-n2cccn2)c1. The molecule has 1 amide bonds. The molecular weight excluding hydrogens is 348 g/mol. The summed E-state index contributed by atoms with van der Waals surface area (Å²) in [4.78, 5) is 25.2. The minimum atomic E-state index is -0.159. The first kappa shape index (κ1) is 16.1. The molecule has 128 valence electrons. The van der Waals surface area contributed by atoms with Gasteiger partial charge in [-0.05, 0) is 24.3 Å². The fourth-order valence-electron chi connectivity index (χ4n) is 2.40. The van der Waals surface area contributed by atoms with Crippen LogP contribution >= 0.6 is 11.3 Å². The van der Waals surface area contributed by atoms with Gasteiger partial charge >= 0.3 is 0 Å². The molecule has 0 saturated carbocycles. The van der Waals surface area contributed by atoms with Gasteiger partial charge in [0.2, 0.25) is 0 Å². The van der Waals surface area contributed by atoms with Crippen LogP contribution in [0.5, 0.6) is 0 Å². The minimum absolute atomic E-state index is 0.159. The van der Waals surface area contributed by atoms with Gasteiger partial charge in [0.25, 0.3) is 5.91 Å². The molecule has 1 aromatic carbocycles. The van der Waals surface area contributed by atoms with Gasteiger partial charge in [-0.3, -0.25) is 14.8 Å². The molecule has 8 heteroatoms. The Hall–Kier alpha value is -3.39. The lowest BCUT2D eigenvalue weighted by atomic mass is 10.2. The molecule has 0 radical (unpaired) electrons. The fraction of sp³-hybridized carbons (Fsp3) is 0.0556. The molecule has 3 aromatic heterocycles. The van der Waals surface area contributed by atoms with E-state index < -0.39 is 0 Å². The second-order valence-electron chi connectivity index (χ2n) is 5.42. The lowest BCUT2D eigenvalue weighted by Crippen LogP contribution is -2.23. The average Bonchev–Trinajstić information content (AvgIpc) is 3.39. The van der Waals surface area contributed by atoms with Gasteiger partial charge in [-0.2, -0.15) is 5.10 Å². The minimum Gasteiger partial charge on any atom is -0.346 e. The summed E-state index contributed by atoms with van der Waals surface area (Å²) in [5.41, 5.74) is 2.91. The molecule has 26 heavy (non-hydrogen) atoms. The van der Waals surface area contributed by atoms with Crippen LogP contribution in [-0.2, 0) is 6.54 Å². The largest absolute Gasteiger partial charge is 0.346 e. The molecule has 0 atom stereocenters. The Balaban J connectivity index is 1.43. The Morgan fingerprint density at radius 3 is 2.96 bits per heavy atom. The molecular formula is C18H14N6OS. The Kier molecular flexibility index (Phi) is 4.48. The van der Waals surface area contributed by atoms with Crippen molar-refractivity contribution in [3.8, 4) is 16.4 Å². The van der Waals surface area contributed by atoms with Gasteiger partial charge in [0.05, 0.1) is 24.1 Å². The number of hydrogen-bond donors (Lipinski definition) is 1. The third-order valence-corrected chi connectivity index (χ3v) is 4.56. The smallest absolute Gasteiger partial charge is 0.251 e. The lowest BCUT2D eigenvalue weighted by Gasteiger charge is -2.06. The second-order valence-corrected chi connectivity index (χ2v) is 6.28. The molecule has 0 unspecified atom stereocenters. The summed E-state index contributed by atoms with van der Waals surface area (Å²) in [6.45, 7) is 0.349. The summed E-state index contributed by atoms with van der Waals surface area (Å²) >= 11 is 1.47. The number of benzene rings is 1. The van der Waals surface area contributed by atoms with Crippen LogP contribution in [0, 0.1) is 0 Å². The van der Waals surface area contributed by atoms with Gasteiger partial charge in [-0.1, -0.05) is 6.07 Å². The van der Waals surface area contributed by atoms with Gasteiger partial charge in [0.1, 0.15) is 10.7 Å². The van der Waals surface area contributed by atoms with Gasteiger partial charge in [-0.15, -0.1) is 11.3 Å². The number of rotatable bonds is 5. The number of aromatic nitrogens is 5. The first-order chi connectivity index (χ1) is 12.8. The van der Waals surface area contributed by atoms with E-state index in [0.717, 1.165) is 22.1 Å². The highest BCUT2D eigenvalue weighted by molar-refractivity contribution is 7.13. The number of nitrogens with zero attached hydrogens (tertiary/aromatic N) is 5. The van der Waals surface area contributed by atoms with Crippen LogP contribution in [0.4, 0.5) is 0 Å². The first-order valence-electron chi connectivity index (χ1n) is 7.89. The zero-order valence-corrected chi connectivity index (χ0v) is 14.4. The molecule has 0 spiro atoms. The maximum absolute atomic E-state index is 12.4. The predicted octanol–water partition coefficient (Wildman–Crippen LogP) is 2.72. The summed E-state index contributed by atoms with van der Waals surface area (Å²) in [5.74, 6) is -0.159. The molecule has 3 heterocycles. The van der Waals surface area contributed by atoms with Gasteiger partial charge in [0.15, 0.2) is 0 Å². The predicted molar refractivity (Wildman–Crippen MR) is 97.9 cm³/mol. The van der Waals surface area contributed by atoms with Crippen LogP contribution < -0.4 is 5.32 Å². The van der Waals surface area contributed by atoms with Crippen molar-refractivity contribution in [2.24, 2.45) is 0 Å². The zero-order valence-electron chi connectivity index (χ0n) is 13.6. The van der Waals surface area contributed by atoms with E-state index in [9.17, 15) is 4.79 Å². The number of carbonyl (C=O) groups excluding carboxylic acids is 1. The van der Waals surface area contributed by atoms with Crippen molar-refractivity contribution < 1.29 is 4.79 Å². The van der Waals surface area contributed by atoms with E-state index in [0.29, 0.717) is 12.1 Å². The van der Waals surface area contributed by atoms with E-state index in [1.54, 1.807) is 41.6 Å². The Labute approximate surface area is 153 Å². The number of thiazole rings is 1. The maximum atomic E-state index is 12.4. The lowest BCUT2D eigenvalue weighted by molar-refractivity contribution is 0.0950. The summed E-state index contributed by atoms with van der Waals surface area (Å²) in [5, 5.41) is 9.76. The van der Waals surface area contributed by atoms with Crippen LogP contribution in [0.25, 0.3) is 16.4 Å². The standard InChI is InChI=1S/C18H14N6OS/c25-17(13-3-1-4-15(9-13)24-8-2-5-22-24)21-10-14-12-26-18(23-14)16-11-19-6-7-20-16/h1-9,11-12H,10H2,(H,21,25). The Bertz CT molecular complexity index is 1010. The topological polar surface area (TPSA) is 85.6 Å². The molecule has 0 aliphatic heterocycles. The van der Waals surface area contributed by atoms with E-state index in [1.807, 2.05) is 29.8 Å². The van der Waals surface area contributed by atoms with Crippen molar-refractivity contribution in [3.63, 3.8) is 0 Å². The highest BCUT2D eigenvalue weighted by Crippen LogP contribution is 2.20. The highest BCUT2D eigenvalue weighted by atomic mass is 32.1. The van der Waals surface area contributed by atoms with Crippen LogP contribution in [0.1, 0.15) is 16.1 Å². The molecule has 0 aliphatic carbocycles. The van der Waals surface area contributed by atoms with Crippen LogP contribution in [0.2, 0.25) is 0 Å². The van der Waals surface area contributed by atoms with Crippen LogP contribution in [0.3, 0.4) is 0 Å². The molecule has 7 nitrogen and oxygen atoms in total. The molecule has 1 N–H and O–H groups in total. The summed E-state index contributed by atoms with van der Waals surface area (Å²) in [6, 6.07) is 9.14. The molecule has 4 aromatic rings. The van der Waals surface area contributed by atoms with Crippen molar-refractivity contribution in [3.05, 3.63) is 78.0 Å². The van der Waals surface area contributed by atoms with Crippen molar-refractivity contribution >= 4 is 17.2 Å². The fourth-order valence-corrected chi connectivity index (χ4v) is 3.18. The quantitative estimate of drug-likeness (QED) is 0.590. The van der Waals surface area contributed by atoms with Crippen LogP contribution in [-0.4, -0.2) is 30.6 Å². The molecule has 0 fully saturated rings. The summed E-state index contributed by atoms with van der Waals surface area (Å²) in [7, 11) is 0. The van der Waals surface area contributed by atoms with E-state index in [1.165, 1.54) is 11.3 Å². The van der Waals surface area contributed by atoms with Gasteiger partial charge in [0, 0.05) is 35.7 Å². The van der Waals surface area contributed by atoms with Crippen molar-refractivity contribution in [1.29, 1.82) is 0 Å². The summed E-state index contributed by atoms with van der Waals surface area (Å²) in [6.07, 6.45) is 8.45. The van der Waals surface area contributed by atoms with E-state index >= 15 is 0 Å². The average molecular weight is 362 g/mol. The number of carbonyl (C=O) groups is 1. The normalized spacial score (nSPS) is 10.6.